The van der Waals surface area contributed by atoms with E-state index >= 15 is 0 Å². The maximum absolute atomic E-state index is 11.5. The first kappa shape index (κ1) is 12.9. The second-order valence-corrected chi connectivity index (χ2v) is 6.36. The summed E-state index contributed by atoms with van der Waals surface area (Å²) in [5.41, 5.74) is 0.0256. The van der Waals surface area contributed by atoms with E-state index < -0.39 is 10.2 Å². The molecule has 0 aromatic rings. The summed E-state index contributed by atoms with van der Waals surface area (Å²) in [6, 6.07) is 0. The molecule has 1 aliphatic carbocycles. The zero-order chi connectivity index (χ0) is 11.5. The molecule has 15 heavy (non-hydrogen) atoms. The van der Waals surface area contributed by atoms with Gasteiger partial charge in [0.15, 0.2) is 0 Å². The van der Waals surface area contributed by atoms with Crippen molar-refractivity contribution in [3.8, 4) is 0 Å². The van der Waals surface area contributed by atoms with Crippen LogP contribution in [0.1, 0.15) is 19.3 Å². The maximum atomic E-state index is 11.5. The van der Waals surface area contributed by atoms with Crippen LogP contribution in [0.5, 0.6) is 0 Å². The fourth-order valence-electron chi connectivity index (χ4n) is 1.73. The molecule has 5 nitrogen and oxygen atoms in total. The average Bonchev–Trinajstić information content (AvgIpc) is 2.09. The number of methoxy groups -OCH3 is 1. The van der Waals surface area contributed by atoms with Crippen molar-refractivity contribution in [2.75, 3.05) is 34.4 Å². The Morgan fingerprint density at radius 1 is 1.40 bits per heavy atom. The van der Waals surface area contributed by atoms with E-state index in [1.807, 2.05) is 0 Å². The van der Waals surface area contributed by atoms with Crippen LogP contribution in [0.3, 0.4) is 0 Å². The molecule has 0 heterocycles. The SMILES string of the molecule is COCC1(CNS(=O)(=O)N(C)C)CCC1. The van der Waals surface area contributed by atoms with Gasteiger partial charge in [0.1, 0.15) is 0 Å². The molecule has 0 aliphatic heterocycles. The molecule has 1 aliphatic rings. The van der Waals surface area contributed by atoms with Crippen LogP contribution in [-0.4, -0.2) is 47.1 Å². The fraction of sp³-hybridized carbons (Fsp3) is 1.00. The molecular weight excluding hydrogens is 216 g/mol. The molecule has 0 aromatic heterocycles. The van der Waals surface area contributed by atoms with E-state index in [0.29, 0.717) is 13.2 Å². The van der Waals surface area contributed by atoms with Crippen LogP contribution in [0.25, 0.3) is 0 Å². The number of ether oxygens (including phenoxy) is 1. The van der Waals surface area contributed by atoms with E-state index in [1.54, 1.807) is 7.11 Å². The molecule has 90 valence electrons. The van der Waals surface area contributed by atoms with E-state index in [4.69, 9.17) is 4.74 Å². The predicted molar refractivity (Wildman–Crippen MR) is 58.8 cm³/mol. The van der Waals surface area contributed by atoms with E-state index in [0.717, 1.165) is 19.3 Å². The first-order chi connectivity index (χ1) is 6.92. The Hall–Kier alpha value is -0.170. The molecule has 0 aromatic carbocycles. The van der Waals surface area contributed by atoms with Crippen LogP contribution in [-0.2, 0) is 14.9 Å². The topological polar surface area (TPSA) is 58.6 Å². The summed E-state index contributed by atoms with van der Waals surface area (Å²) in [4.78, 5) is 0. The molecule has 0 unspecified atom stereocenters. The number of nitrogens with one attached hydrogen (secondary N) is 1. The Morgan fingerprint density at radius 2 is 2.00 bits per heavy atom. The predicted octanol–water partition coefficient (Wildman–Crippen LogP) is 0.199. The van der Waals surface area contributed by atoms with Crippen molar-refractivity contribution in [3.05, 3.63) is 0 Å². The molecular formula is C9H20N2O3S. The van der Waals surface area contributed by atoms with Crippen molar-refractivity contribution in [2.45, 2.75) is 19.3 Å². The van der Waals surface area contributed by atoms with Crippen LogP contribution >= 0.6 is 0 Å². The lowest BCUT2D eigenvalue weighted by atomic mass is 9.69. The summed E-state index contributed by atoms with van der Waals surface area (Å²) < 4.78 is 31.9. The van der Waals surface area contributed by atoms with Crippen LogP contribution in [0.15, 0.2) is 0 Å². The van der Waals surface area contributed by atoms with E-state index in [-0.39, 0.29) is 5.41 Å². The molecule has 1 N–H and O–H groups in total. The zero-order valence-electron chi connectivity index (χ0n) is 9.62. The van der Waals surface area contributed by atoms with Gasteiger partial charge < -0.3 is 4.74 Å². The van der Waals surface area contributed by atoms with E-state index in [2.05, 4.69) is 4.72 Å². The lowest BCUT2D eigenvalue weighted by Gasteiger charge is -2.41. The fourth-order valence-corrected chi connectivity index (χ4v) is 2.48. The summed E-state index contributed by atoms with van der Waals surface area (Å²) in [7, 11) is 1.40. The van der Waals surface area contributed by atoms with Gasteiger partial charge in [-0.15, -0.1) is 0 Å². The van der Waals surface area contributed by atoms with E-state index in [9.17, 15) is 8.42 Å². The highest BCUT2D eigenvalue weighted by Gasteiger charge is 2.37. The summed E-state index contributed by atoms with van der Waals surface area (Å²) in [5.74, 6) is 0. The van der Waals surface area contributed by atoms with Gasteiger partial charge in [-0.2, -0.15) is 12.7 Å². The highest BCUT2D eigenvalue weighted by Crippen LogP contribution is 2.40. The average molecular weight is 236 g/mol. The van der Waals surface area contributed by atoms with Crippen molar-refractivity contribution in [2.24, 2.45) is 5.41 Å². The Kier molecular flexibility index (Phi) is 4.11. The molecule has 6 heteroatoms. The van der Waals surface area contributed by atoms with Crippen LogP contribution < -0.4 is 4.72 Å². The van der Waals surface area contributed by atoms with Gasteiger partial charge in [0.05, 0.1) is 6.61 Å². The van der Waals surface area contributed by atoms with Gasteiger partial charge in [0.2, 0.25) is 0 Å². The monoisotopic (exact) mass is 236 g/mol. The largest absolute Gasteiger partial charge is 0.384 e. The van der Waals surface area contributed by atoms with Crippen molar-refractivity contribution in [1.29, 1.82) is 0 Å². The quantitative estimate of drug-likeness (QED) is 0.716. The summed E-state index contributed by atoms with van der Waals surface area (Å²) in [6.07, 6.45) is 3.24. The van der Waals surface area contributed by atoms with Gasteiger partial charge in [-0.25, -0.2) is 4.72 Å². The van der Waals surface area contributed by atoms with Crippen LogP contribution in [0, 0.1) is 5.41 Å². The maximum Gasteiger partial charge on any atom is 0.278 e. The minimum atomic E-state index is -3.30. The molecule has 0 atom stereocenters. The molecule has 1 rings (SSSR count). The molecule has 1 fully saturated rings. The van der Waals surface area contributed by atoms with Crippen molar-refractivity contribution < 1.29 is 13.2 Å². The third-order valence-corrected chi connectivity index (χ3v) is 4.45. The third-order valence-electron chi connectivity index (χ3n) is 2.98. The number of hydrogen-bond acceptors (Lipinski definition) is 3. The Labute approximate surface area is 92.0 Å². The summed E-state index contributed by atoms with van der Waals surface area (Å²) in [6.45, 7) is 1.10. The number of rotatable bonds is 6. The van der Waals surface area contributed by atoms with Crippen molar-refractivity contribution >= 4 is 10.2 Å². The first-order valence-electron chi connectivity index (χ1n) is 5.08. The van der Waals surface area contributed by atoms with Crippen molar-refractivity contribution in [1.82, 2.24) is 9.03 Å². The lowest BCUT2D eigenvalue weighted by molar-refractivity contribution is 0.0218. The van der Waals surface area contributed by atoms with Gasteiger partial charge in [0, 0.05) is 33.2 Å². The smallest absolute Gasteiger partial charge is 0.278 e. The molecule has 1 saturated carbocycles. The summed E-state index contributed by atoms with van der Waals surface area (Å²) >= 11 is 0. The molecule has 0 bridgehead atoms. The molecule has 0 amide bonds. The van der Waals surface area contributed by atoms with Crippen LogP contribution in [0.2, 0.25) is 0 Å². The third kappa shape index (κ3) is 3.14. The lowest BCUT2D eigenvalue weighted by Crippen LogP contribution is -2.47. The second kappa shape index (κ2) is 4.78. The standard InChI is InChI=1S/C9H20N2O3S/c1-11(2)15(12,13)10-7-9(8-14-3)5-4-6-9/h10H,4-8H2,1-3H3. The minimum Gasteiger partial charge on any atom is -0.384 e. The van der Waals surface area contributed by atoms with Gasteiger partial charge in [0.25, 0.3) is 10.2 Å². The Morgan fingerprint density at radius 3 is 2.33 bits per heavy atom. The second-order valence-electron chi connectivity index (χ2n) is 4.40. The summed E-state index contributed by atoms with van der Waals surface area (Å²) in [5, 5.41) is 0. The normalized spacial score (nSPS) is 20.3. The van der Waals surface area contributed by atoms with Gasteiger partial charge >= 0.3 is 0 Å². The Balaban J connectivity index is 2.48. The number of hydrogen-bond donors (Lipinski definition) is 1. The highest BCUT2D eigenvalue weighted by molar-refractivity contribution is 7.87. The van der Waals surface area contributed by atoms with E-state index in [1.165, 1.54) is 18.4 Å². The zero-order valence-corrected chi connectivity index (χ0v) is 10.4. The van der Waals surface area contributed by atoms with Crippen molar-refractivity contribution in [3.63, 3.8) is 0 Å². The van der Waals surface area contributed by atoms with Gasteiger partial charge in [-0.1, -0.05) is 6.42 Å². The highest BCUT2D eigenvalue weighted by atomic mass is 32.2. The molecule has 0 spiro atoms. The number of nitrogens with zero attached hydrogens (tertiary/aromatic N) is 1. The minimum absolute atomic E-state index is 0.0256. The molecule has 0 radical (unpaired) electrons. The molecule has 0 saturated heterocycles. The van der Waals surface area contributed by atoms with Gasteiger partial charge in [-0.05, 0) is 12.8 Å². The van der Waals surface area contributed by atoms with Crippen LogP contribution in [0.4, 0.5) is 0 Å². The first-order valence-corrected chi connectivity index (χ1v) is 6.52. The Bertz CT molecular complexity index is 296. The van der Waals surface area contributed by atoms with Gasteiger partial charge in [-0.3, -0.25) is 0 Å².